The fourth-order valence-corrected chi connectivity index (χ4v) is 21.4. The summed E-state index contributed by atoms with van der Waals surface area (Å²) in [4.78, 5) is 33.4. The van der Waals surface area contributed by atoms with Gasteiger partial charge in [-0.1, -0.05) is 366 Å². The highest BCUT2D eigenvalue weighted by Crippen LogP contribution is 2.62. The number of benzene rings is 17. The number of hydrogen-bond acceptors (Lipinski definition) is 6. The molecule has 0 aliphatic heterocycles. The van der Waals surface area contributed by atoms with E-state index < -0.39 is 10.8 Å². The Labute approximate surface area is 704 Å². The minimum absolute atomic E-state index is 0.178. The van der Waals surface area contributed by atoms with E-state index in [1.54, 1.807) is 0 Å². The van der Waals surface area contributed by atoms with Crippen molar-refractivity contribution in [1.29, 1.82) is 0 Å². The molecule has 0 saturated heterocycles. The van der Waals surface area contributed by atoms with Crippen LogP contribution >= 0.6 is 0 Å². The lowest BCUT2D eigenvalue weighted by molar-refractivity contribution is 0.666. The van der Waals surface area contributed by atoms with Gasteiger partial charge in [-0.3, -0.25) is 9.13 Å². The zero-order valence-electron chi connectivity index (χ0n) is 66.7. The van der Waals surface area contributed by atoms with Crippen LogP contribution in [0.15, 0.2) is 406 Å². The number of para-hydroxylation sites is 2. The Bertz CT molecular complexity index is 7970. The highest BCUT2D eigenvalue weighted by atomic mass is 15.3. The van der Waals surface area contributed by atoms with Gasteiger partial charge in [0.25, 0.3) is 0 Å². The summed E-state index contributed by atoms with van der Waals surface area (Å²) in [5.74, 6) is 3.29. The number of fused-ring (bicyclic) bond motifs is 21. The van der Waals surface area contributed by atoms with Crippen LogP contribution in [-0.4, -0.2) is 43.6 Å². The second-order valence-corrected chi connectivity index (χ2v) is 33.1. The van der Waals surface area contributed by atoms with Crippen molar-refractivity contribution in [1.82, 2.24) is 43.6 Å². The molecule has 5 aromatic heterocycles. The van der Waals surface area contributed by atoms with Crippen LogP contribution in [0.3, 0.4) is 0 Å². The van der Waals surface area contributed by atoms with Gasteiger partial charge in [0.1, 0.15) is 0 Å². The largest absolute Gasteiger partial charge is 0.309 e. The summed E-state index contributed by atoms with van der Waals surface area (Å²) in [6, 6.07) is 148. The Morgan fingerprint density at radius 3 is 1.10 bits per heavy atom. The fraction of sp³-hybridized carbons (Fsp3) is 0.0442. The quantitative estimate of drug-likeness (QED) is 0.121. The molecule has 9 heteroatoms. The van der Waals surface area contributed by atoms with Crippen LogP contribution in [-0.2, 0) is 16.2 Å². The molecular formula is C113H73N9. The maximum absolute atomic E-state index is 6.02. The third-order valence-corrected chi connectivity index (χ3v) is 26.5. The van der Waals surface area contributed by atoms with Gasteiger partial charge in [-0.15, -0.1) is 0 Å². The van der Waals surface area contributed by atoms with E-state index in [-0.39, 0.29) is 5.41 Å². The Balaban J connectivity index is 0.677. The van der Waals surface area contributed by atoms with Crippen LogP contribution in [0.4, 0.5) is 0 Å². The van der Waals surface area contributed by atoms with Gasteiger partial charge in [0.2, 0.25) is 11.9 Å². The molecule has 0 fully saturated rings. The summed E-state index contributed by atoms with van der Waals surface area (Å²) in [5.41, 5.74) is 30.8. The molecule has 0 N–H and O–H groups in total. The van der Waals surface area contributed by atoms with Gasteiger partial charge in [-0.05, 0) is 144 Å². The molecule has 3 aliphatic carbocycles. The molecule has 9 nitrogen and oxygen atoms in total. The lowest BCUT2D eigenvalue weighted by Crippen LogP contribution is -2.28. The van der Waals surface area contributed by atoms with Gasteiger partial charge >= 0.3 is 0 Å². The molecule has 0 amide bonds. The van der Waals surface area contributed by atoms with Crippen molar-refractivity contribution in [2.75, 3.05) is 0 Å². The van der Waals surface area contributed by atoms with E-state index in [1.807, 2.05) is 18.2 Å². The van der Waals surface area contributed by atoms with Crippen LogP contribution in [0, 0.1) is 0 Å². The first kappa shape index (κ1) is 69.3. The molecular weight excluding hydrogens is 1480 g/mol. The maximum atomic E-state index is 6.02. The van der Waals surface area contributed by atoms with Crippen LogP contribution in [0.5, 0.6) is 0 Å². The van der Waals surface area contributed by atoms with Gasteiger partial charge in [-0.2, -0.15) is 15.0 Å². The lowest BCUT2D eigenvalue weighted by Gasteiger charge is -2.33. The van der Waals surface area contributed by atoms with Gasteiger partial charge < -0.3 is 4.57 Å². The van der Waals surface area contributed by atoms with E-state index in [4.69, 9.17) is 29.9 Å². The average molecular weight is 1560 g/mol. The van der Waals surface area contributed by atoms with Crippen molar-refractivity contribution >= 4 is 65.4 Å². The molecule has 122 heavy (non-hydrogen) atoms. The minimum Gasteiger partial charge on any atom is -0.309 e. The van der Waals surface area contributed by atoms with Crippen LogP contribution in [0.1, 0.15) is 69.5 Å². The molecule has 5 heterocycles. The van der Waals surface area contributed by atoms with Crippen molar-refractivity contribution < 1.29 is 0 Å². The number of nitrogens with zero attached hydrogens (tertiary/aromatic N) is 9. The fourth-order valence-electron chi connectivity index (χ4n) is 21.4. The molecule has 22 aromatic rings. The second kappa shape index (κ2) is 26.6. The van der Waals surface area contributed by atoms with Crippen molar-refractivity contribution in [2.24, 2.45) is 0 Å². The molecule has 0 atom stereocenters. The summed E-state index contributed by atoms with van der Waals surface area (Å²) in [5, 5.41) is 6.85. The van der Waals surface area contributed by atoms with Gasteiger partial charge in [0, 0.05) is 76.8 Å². The summed E-state index contributed by atoms with van der Waals surface area (Å²) >= 11 is 0. The molecule has 0 saturated carbocycles. The van der Waals surface area contributed by atoms with Crippen LogP contribution in [0.25, 0.3) is 173 Å². The zero-order valence-corrected chi connectivity index (χ0v) is 66.7. The molecule has 0 radical (unpaired) electrons. The number of rotatable bonds is 12. The molecule has 0 bridgehead atoms. The minimum atomic E-state index is -0.710. The van der Waals surface area contributed by atoms with E-state index in [9.17, 15) is 0 Å². The number of aromatic nitrogens is 9. The monoisotopic (exact) mass is 1560 g/mol. The van der Waals surface area contributed by atoms with Crippen molar-refractivity contribution in [3.05, 3.63) is 462 Å². The van der Waals surface area contributed by atoms with Crippen molar-refractivity contribution in [2.45, 2.75) is 30.1 Å². The lowest BCUT2D eigenvalue weighted by atomic mass is 9.67. The Kier molecular flexibility index (Phi) is 15.1. The van der Waals surface area contributed by atoms with Crippen LogP contribution in [0.2, 0.25) is 0 Å². The molecule has 0 unspecified atom stereocenters. The van der Waals surface area contributed by atoms with Gasteiger partial charge in [0.05, 0.1) is 43.9 Å². The average Bonchev–Trinajstić information content (AvgIpc) is 1.53. The summed E-state index contributed by atoms with van der Waals surface area (Å²) in [7, 11) is 0. The van der Waals surface area contributed by atoms with E-state index >= 15 is 0 Å². The predicted octanol–water partition coefficient (Wildman–Crippen LogP) is 26.7. The normalized spacial score (nSPS) is 13.7. The molecule has 570 valence electrons. The van der Waals surface area contributed by atoms with Crippen molar-refractivity contribution in [3.8, 4) is 108 Å². The van der Waals surface area contributed by atoms with Gasteiger partial charge in [-0.25, -0.2) is 15.0 Å². The predicted molar refractivity (Wildman–Crippen MR) is 496 cm³/mol. The maximum Gasteiger partial charge on any atom is 0.240 e. The Hall–Kier alpha value is -15.8. The number of hydrogen-bond donors (Lipinski definition) is 0. The Morgan fingerprint density at radius 1 is 0.221 bits per heavy atom. The van der Waals surface area contributed by atoms with Gasteiger partial charge in [0.15, 0.2) is 23.3 Å². The molecule has 17 aromatic carbocycles. The van der Waals surface area contributed by atoms with E-state index in [0.29, 0.717) is 35.2 Å². The first-order valence-corrected chi connectivity index (χ1v) is 41.9. The topological polar surface area (TPSA) is 92.1 Å². The van der Waals surface area contributed by atoms with E-state index in [0.717, 1.165) is 110 Å². The third kappa shape index (κ3) is 9.87. The highest BCUT2D eigenvalue weighted by Gasteiger charge is 2.50. The third-order valence-electron chi connectivity index (χ3n) is 26.5. The summed E-state index contributed by atoms with van der Waals surface area (Å²) in [6.07, 6.45) is 0. The SMILES string of the molecule is CC1(C)c2ccccc2-c2ccc3c(c21)c1ccccc1n3-c1ccc(-c2nc(-c3ccccc3)nc(-c3ccc(-c4ccc5c(c4)c4ccc6c(c4n5-c4nc(-c5ccccc5)nc(-n5c7ccccc7c7ccc8c(c75)-c5ccccc5C8(c5ccccc5)c5ccccc5)n4)-c4ccccc4C6(c4ccccc4)c4ccccc4)cc3)n2)cc1. The van der Waals surface area contributed by atoms with E-state index in [2.05, 4.69) is 416 Å². The van der Waals surface area contributed by atoms with E-state index in [1.165, 1.54) is 83.1 Å². The summed E-state index contributed by atoms with van der Waals surface area (Å²) in [6.45, 7) is 4.75. The van der Waals surface area contributed by atoms with Crippen LogP contribution < -0.4 is 0 Å². The zero-order chi connectivity index (χ0) is 80.5. The summed E-state index contributed by atoms with van der Waals surface area (Å²) < 4.78 is 7.10. The molecule has 0 spiro atoms. The standard InChI is InChI=1S/C113H73N9/c1-111(2)90-48-26-21-43-81(90)83-64-68-98-101(102(83)111)88-47-25-30-52-96(88)120(98)80-60-57-74(58-61-80)107-115-105(71-31-9-3-10-32-71)114-106(116-107)73-55-53-70(54-56-73)75-59-67-97-89(69-75)85-63-66-94-100(87-46-23-28-50-92(87)113(94,78-39-17-7-18-40-78)79-41-19-8-20-42-79)104(85)122(97)110-118-108(72-33-11-4-12-34-72)117-109(119-110)121-95-51-29-24-44-82(95)84-62-65-93-99(103(84)121)86-45-22-27-49-91(86)112(93,76-35-13-5-14-36-76)77-37-15-6-16-38-77/h3-69H,1-2H3. The highest BCUT2D eigenvalue weighted by molar-refractivity contribution is 6.19. The molecule has 3 aliphatic rings. The van der Waals surface area contributed by atoms with Crippen molar-refractivity contribution in [3.63, 3.8) is 0 Å². The Morgan fingerprint density at radius 2 is 0.590 bits per heavy atom. The first-order valence-electron chi connectivity index (χ1n) is 41.9. The molecule has 25 rings (SSSR count). The smallest absolute Gasteiger partial charge is 0.240 e. The second-order valence-electron chi connectivity index (χ2n) is 33.1. The first-order chi connectivity index (χ1) is 60.3.